The van der Waals surface area contributed by atoms with Gasteiger partial charge < -0.3 is 20.5 Å². The van der Waals surface area contributed by atoms with Crippen LogP contribution in [0.3, 0.4) is 0 Å². The lowest BCUT2D eigenvalue weighted by Gasteiger charge is -2.15. The Labute approximate surface area is 134 Å². The van der Waals surface area contributed by atoms with Crippen molar-refractivity contribution in [1.29, 1.82) is 0 Å². The van der Waals surface area contributed by atoms with E-state index in [4.69, 9.17) is 21.4 Å². The number of carboxylic acid groups (broad SMARTS) is 1. The maximum absolute atomic E-state index is 12.0. The molecule has 1 aromatic rings. The number of hydrogen-bond donors (Lipinski definition) is 3. The van der Waals surface area contributed by atoms with E-state index >= 15 is 0 Å². The Hall–Kier alpha value is -1.79. The van der Waals surface area contributed by atoms with E-state index in [0.29, 0.717) is 23.0 Å². The highest BCUT2D eigenvalue weighted by Gasteiger charge is 2.21. The van der Waals surface area contributed by atoms with Crippen LogP contribution >= 0.6 is 11.6 Å². The minimum atomic E-state index is -1.05. The van der Waals surface area contributed by atoms with Gasteiger partial charge in [-0.15, -0.1) is 0 Å². The molecule has 0 unspecified atom stereocenters. The van der Waals surface area contributed by atoms with E-state index in [1.807, 2.05) is 6.92 Å². The number of carbonyl (C=O) groups is 2. The fraction of sp³-hybridized carbons (Fsp3) is 0.467. The second kappa shape index (κ2) is 9.27. The highest BCUT2D eigenvalue weighted by molar-refractivity contribution is 6.31. The Morgan fingerprint density at radius 2 is 2.14 bits per heavy atom. The predicted molar refractivity (Wildman–Crippen MR) is 85.6 cm³/mol. The maximum atomic E-state index is 12.0. The van der Waals surface area contributed by atoms with Crippen molar-refractivity contribution in [3.63, 3.8) is 0 Å². The zero-order valence-electron chi connectivity index (χ0n) is 12.7. The summed E-state index contributed by atoms with van der Waals surface area (Å²) in [6, 6.07) is 3.91. The van der Waals surface area contributed by atoms with Crippen LogP contribution in [0.4, 0.5) is 5.69 Å². The van der Waals surface area contributed by atoms with Gasteiger partial charge in [0.15, 0.2) is 0 Å². The molecule has 0 saturated carbocycles. The van der Waals surface area contributed by atoms with Gasteiger partial charge >= 0.3 is 5.97 Å². The van der Waals surface area contributed by atoms with Gasteiger partial charge in [-0.2, -0.15) is 0 Å². The predicted octanol–water partition coefficient (Wildman–Crippen LogP) is 2.52. The molecule has 0 spiro atoms. The molecule has 22 heavy (non-hydrogen) atoms. The molecule has 0 fully saturated rings. The topological polar surface area (TPSA) is 87.7 Å². The van der Waals surface area contributed by atoms with Gasteiger partial charge in [0.25, 0.3) is 0 Å². The summed E-state index contributed by atoms with van der Waals surface area (Å²) >= 11 is 5.88. The molecule has 0 aliphatic heterocycles. The van der Waals surface area contributed by atoms with Crippen LogP contribution in [-0.2, 0) is 9.59 Å². The first-order valence-electron chi connectivity index (χ1n) is 7.07. The molecule has 7 heteroatoms. The molecular formula is C15H21ClN2O4. The Morgan fingerprint density at radius 3 is 2.73 bits per heavy atom. The summed E-state index contributed by atoms with van der Waals surface area (Å²) in [7, 11) is 1.48. The van der Waals surface area contributed by atoms with E-state index in [0.717, 1.165) is 12.8 Å². The first kappa shape index (κ1) is 18.3. The second-order valence-electron chi connectivity index (χ2n) is 4.80. The minimum absolute atomic E-state index is 0.172. The number of carboxylic acids is 1. The second-order valence-corrected chi connectivity index (χ2v) is 5.23. The molecule has 1 atom stereocenters. The van der Waals surface area contributed by atoms with Gasteiger partial charge in [-0.1, -0.05) is 24.9 Å². The van der Waals surface area contributed by atoms with Crippen LogP contribution < -0.4 is 15.4 Å². The number of halogens is 1. The first-order valence-corrected chi connectivity index (χ1v) is 7.45. The number of ether oxygens (including phenoxy) is 1. The van der Waals surface area contributed by atoms with E-state index in [1.54, 1.807) is 18.2 Å². The van der Waals surface area contributed by atoms with E-state index in [2.05, 4.69) is 10.6 Å². The summed E-state index contributed by atoms with van der Waals surface area (Å²) in [6.45, 7) is 2.57. The quantitative estimate of drug-likeness (QED) is 0.606. The molecule has 1 aromatic carbocycles. The molecule has 0 saturated heterocycles. The Morgan fingerprint density at radius 1 is 1.41 bits per heavy atom. The molecule has 0 aliphatic carbocycles. The fourth-order valence-electron chi connectivity index (χ4n) is 1.86. The molecule has 122 valence electrons. The van der Waals surface area contributed by atoms with Crippen LogP contribution in [0.2, 0.25) is 5.02 Å². The van der Waals surface area contributed by atoms with Crippen LogP contribution in [0, 0.1) is 0 Å². The third-order valence-electron chi connectivity index (χ3n) is 3.04. The van der Waals surface area contributed by atoms with Crippen LogP contribution in [-0.4, -0.2) is 36.7 Å². The van der Waals surface area contributed by atoms with E-state index in [-0.39, 0.29) is 6.42 Å². The average Bonchev–Trinajstić information content (AvgIpc) is 2.46. The molecular weight excluding hydrogens is 308 g/mol. The van der Waals surface area contributed by atoms with Gasteiger partial charge in [0.2, 0.25) is 5.91 Å². The number of rotatable bonds is 9. The highest BCUT2D eigenvalue weighted by atomic mass is 35.5. The van der Waals surface area contributed by atoms with Crippen molar-refractivity contribution in [3.8, 4) is 5.75 Å². The summed E-state index contributed by atoms with van der Waals surface area (Å²) < 4.78 is 5.13. The van der Waals surface area contributed by atoms with Crippen molar-refractivity contribution in [1.82, 2.24) is 5.32 Å². The van der Waals surface area contributed by atoms with Crippen molar-refractivity contribution in [2.45, 2.75) is 32.2 Å². The lowest BCUT2D eigenvalue weighted by atomic mass is 10.2. The molecule has 1 amide bonds. The fourth-order valence-corrected chi connectivity index (χ4v) is 2.04. The molecule has 6 nitrogen and oxygen atoms in total. The first-order chi connectivity index (χ1) is 10.5. The van der Waals surface area contributed by atoms with Crippen LogP contribution in [0.25, 0.3) is 0 Å². The SMILES string of the molecule is CCCCN[C@H](CC(=O)Nc1cc(Cl)ccc1OC)C(=O)O. The number of nitrogens with one attached hydrogen (secondary N) is 2. The van der Waals surface area contributed by atoms with Crippen molar-refractivity contribution >= 4 is 29.2 Å². The van der Waals surface area contributed by atoms with Crippen LogP contribution in [0.15, 0.2) is 18.2 Å². The normalized spacial score (nSPS) is 11.8. The smallest absolute Gasteiger partial charge is 0.321 e. The summed E-state index contributed by atoms with van der Waals surface area (Å²) in [5, 5.41) is 15.1. The number of unbranched alkanes of at least 4 members (excludes halogenated alkanes) is 1. The van der Waals surface area contributed by atoms with Gasteiger partial charge in [-0.05, 0) is 31.2 Å². The molecule has 0 bridgehead atoms. The largest absolute Gasteiger partial charge is 0.495 e. The molecule has 0 aliphatic rings. The van der Waals surface area contributed by atoms with Crippen molar-refractivity contribution < 1.29 is 19.4 Å². The number of anilines is 1. The average molecular weight is 329 g/mol. The standard InChI is InChI=1S/C15H21ClN2O4/c1-3-4-7-17-12(15(20)21)9-14(19)18-11-8-10(16)5-6-13(11)22-2/h5-6,8,12,17H,3-4,7,9H2,1-2H3,(H,18,19)(H,20,21)/t12-/m1/s1. The van der Waals surface area contributed by atoms with Gasteiger partial charge in [0, 0.05) is 5.02 Å². The van der Waals surface area contributed by atoms with Crippen molar-refractivity contribution in [3.05, 3.63) is 23.2 Å². The zero-order valence-corrected chi connectivity index (χ0v) is 13.4. The molecule has 1 rings (SSSR count). The number of carbonyl (C=O) groups excluding carboxylic acids is 1. The third kappa shape index (κ3) is 5.91. The number of benzene rings is 1. The monoisotopic (exact) mass is 328 g/mol. The summed E-state index contributed by atoms with van der Waals surface area (Å²) in [5.74, 6) is -1.01. The van der Waals surface area contributed by atoms with Gasteiger partial charge in [-0.25, -0.2) is 0 Å². The molecule has 0 heterocycles. The maximum Gasteiger partial charge on any atom is 0.321 e. The Kier molecular flexibility index (Phi) is 7.70. The van der Waals surface area contributed by atoms with Crippen LogP contribution in [0.5, 0.6) is 5.75 Å². The molecule has 0 radical (unpaired) electrons. The number of hydrogen-bond acceptors (Lipinski definition) is 4. The van der Waals surface area contributed by atoms with Crippen molar-refractivity contribution in [2.24, 2.45) is 0 Å². The van der Waals surface area contributed by atoms with Gasteiger partial charge in [-0.3, -0.25) is 9.59 Å². The lowest BCUT2D eigenvalue weighted by molar-refractivity contribution is -0.141. The van der Waals surface area contributed by atoms with Gasteiger partial charge in [0.05, 0.1) is 19.2 Å². The molecule has 0 aromatic heterocycles. The Bertz CT molecular complexity index is 522. The van der Waals surface area contributed by atoms with Crippen molar-refractivity contribution in [2.75, 3.05) is 19.0 Å². The van der Waals surface area contributed by atoms with Gasteiger partial charge in [0.1, 0.15) is 11.8 Å². The lowest BCUT2D eigenvalue weighted by Crippen LogP contribution is -2.40. The summed E-state index contributed by atoms with van der Waals surface area (Å²) in [5.41, 5.74) is 0.415. The molecule has 3 N–H and O–H groups in total. The number of amides is 1. The van der Waals surface area contributed by atoms with E-state index < -0.39 is 17.9 Å². The third-order valence-corrected chi connectivity index (χ3v) is 3.28. The highest BCUT2D eigenvalue weighted by Crippen LogP contribution is 2.27. The number of aliphatic carboxylic acids is 1. The Balaban J connectivity index is 2.67. The van der Waals surface area contributed by atoms with E-state index in [9.17, 15) is 9.59 Å². The summed E-state index contributed by atoms with van der Waals surface area (Å²) in [4.78, 5) is 23.2. The number of methoxy groups -OCH3 is 1. The minimum Gasteiger partial charge on any atom is -0.495 e. The van der Waals surface area contributed by atoms with Crippen LogP contribution in [0.1, 0.15) is 26.2 Å². The zero-order chi connectivity index (χ0) is 16.5. The summed E-state index contributed by atoms with van der Waals surface area (Å²) in [6.07, 6.45) is 1.63. The van der Waals surface area contributed by atoms with E-state index in [1.165, 1.54) is 7.11 Å².